The molecule has 20 heavy (non-hydrogen) atoms. The van der Waals surface area contributed by atoms with Gasteiger partial charge in [0.2, 0.25) is 5.91 Å². The maximum atomic E-state index is 11.9. The molecule has 4 nitrogen and oxygen atoms in total. The second-order valence-electron chi connectivity index (χ2n) is 5.40. The Balaban J connectivity index is 1.76. The fourth-order valence-corrected chi connectivity index (χ4v) is 2.56. The molecule has 0 saturated carbocycles. The minimum atomic E-state index is 0.112. The van der Waals surface area contributed by atoms with Crippen LogP contribution in [0.3, 0.4) is 0 Å². The Kier molecular flexibility index (Phi) is 5.87. The number of hydrogen-bond acceptors (Lipinski definition) is 3. The fraction of sp³-hybridized carbons (Fsp3) is 0.562. The minimum absolute atomic E-state index is 0.112. The first-order valence-electron chi connectivity index (χ1n) is 7.66. The predicted octanol–water partition coefficient (Wildman–Crippen LogP) is 2.89. The molecule has 0 atom stereocenters. The lowest BCUT2D eigenvalue weighted by Crippen LogP contribution is -2.14. The summed E-state index contributed by atoms with van der Waals surface area (Å²) in [7, 11) is 0. The second kappa shape index (κ2) is 7.90. The van der Waals surface area contributed by atoms with Crippen LogP contribution in [0.2, 0.25) is 0 Å². The summed E-state index contributed by atoms with van der Waals surface area (Å²) in [6.07, 6.45) is 7.04. The maximum Gasteiger partial charge on any atom is 0.224 e. The van der Waals surface area contributed by atoms with E-state index in [-0.39, 0.29) is 5.91 Å². The summed E-state index contributed by atoms with van der Waals surface area (Å²) in [5.74, 6) is 0.112. The Morgan fingerprint density at radius 3 is 2.95 bits per heavy atom. The molecule has 0 unspecified atom stereocenters. The van der Waals surface area contributed by atoms with Crippen LogP contribution in [0.25, 0.3) is 0 Å². The Labute approximate surface area is 121 Å². The first-order valence-corrected chi connectivity index (χ1v) is 7.66. The van der Waals surface area contributed by atoms with Gasteiger partial charge in [0.15, 0.2) is 0 Å². The highest BCUT2D eigenvalue weighted by atomic mass is 16.1. The molecule has 1 amide bonds. The van der Waals surface area contributed by atoms with Crippen molar-refractivity contribution >= 4 is 17.3 Å². The van der Waals surface area contributed by atoms with Crippen molar-refractivity contribution in [3.8, 4) is 0 Å². The minimum Gasteiger partial charge on any atom is -0.385 e. The van der Waals surface area contributed by atoms with Gasteiger partial charge < -0.3 is 16.4 Å². The summed E-state index contributed by atoms with van der Waals surface area (Å²) in [5.41, 5.74) is 8.87. The first kappa shape index (κ1) is 14.9. The van der Waals surface area contributed by atoms with Crippen molar-refractivity contribution in [2.24, 2.45) is 5.73 Å². The number of rotatable bonds is 7. The summed E-state index contributed by atoms with van der Waals surface area (Å²) in [6.45, 7) is 1.79. The monoisotopic (exact) mass is 275 g/mol. The molecular weight excluding hydrogens is 250 g/mol. The SMILES string of the molecule is NCCCCCCC(=O)Nc1ccc2c(c1)CCCN2. The van der Waals surface area contributed by atoms with Crippen molar-refractivity contribution in [2.75, 3.05) is 23.7 Å². The summed E-state index contributed by atoms with van der Waals surface area (Å²) in [4.78, 5) is 11.9. The Morgan fingerprint density at radius 1 is 1.25 bits per heavy atom. The van der Waals surface area contributed by atoms with Gasteiger partial charge in [-0.1, -0.05) is 12.8 Å². The van der Waals surface area contributed by atoms with Gasteiger partial charge >= 0.3 is 0 Å². The largest absolute Gasteiger partial charge is 0.385 e. The molecule has 4 N–H and O–H groups in total. The predicted molar refractivity (Wildman–Crippen MR) is 84.0 cm³/mol. The third-order valence-electron chi connectivity index (χ3n) is 3.69. The molecule has 110 valence electrons. The Bertz CT molecular complexity index is 445. The Hall–Kier alpha value is -1.55. The number of carbonyl (C=O) groups excluding carboxylic acids is 1. The highest BCUT2D eigenvalue weighted by Crippen LogP contribution is 2.25. The van der Waals surface area contributed by atoms with Crippen LogP contribution in [0.1, 0.15) is 44.1 Å². The number of carbonyl (C=O) groups is 1. The van der Waals surface area contributed by atoms with E-state index in [4.69, 9.17) is 5.73 Å². The molecule has 0 fully saturated rings. The van der Waals surface area contributed by atoms with Crippen molar-refractivity contribution in [3.63, 3.8) is 0 Å². The topological polar surface area (TPSA) is 67.2 Å². The van der Waals surface area contributed by atoms with Crippen LogP contribution in [0.5, 0.6) is 0 Å². The average molecular weight is 275 g/mol. The smallest absolute Gasteiger partial charge is 0.224 e. The summed E-state index contributed by atoms with van der Waals surface area (Å²) in [6, 6.07) is 6.13. The molecule has 4 heteroatoms. The number of amides is 1. The molecule has 0 aromatic heterocycles. The number of fused-ring (bicyclic) bond motifs is 1. The molecule has 2 rings (SSSR count). The van der Waals surface area contributed by atoms with E-state index < -0.39 is 0 Å². The molecular formula is C16H25N3O. The van der Waals surface area contributed by atoms with Crippen LogP contribution in [0.4, 0.5) is 11.4 Å². The number of benzene rings is 1. The number of hydrogen-bond donors (Lipinski definition) is 3. The lowest BCUT2D eigenvalue weighted by molar-refractivity contribution is -0.116. The average Bonchev–Trinajstić information content (AvgIpc) is 2.47. The van der Waals surface area contributed by atoms with E-state index >= 15 is 0 Å². The van der Waals surface area contributed by atoms with Gasteiger partial charge in [-0.05, 0) is 56.0 Å². The van der Waals surface area contributed by atoms with Crippen molar-refractivity contribution in [2.45, 2.75) is 44.9 Å². The highest BCUT2D eigenvalue weighted by molar-refractivity contribution is 5.91. The number of nitrogens with two attached hydrogens (primary N) is 1. The van der Waals surface area contributed by atoms with E-state index in [9.17, 15) is 4.79 Å². The quantitative estimate of drug-likeness (QED) is 0.670. The third-order valence-corrected chi connectivity index (χ3v) is 3.69. The zero-order valence-electron chi connectivity index (χ0n) is 12.1. The van der Waals surface area contributed by atoms with Gasteiger partial charge in [-0.25, -0.2) is 0 Å². The molecule has 1 aromatic rings. The Morgan fingerprint density at radius 2 is 2.10 bits per heavy atom. The van der Waals surface area contributed by atoms with Gasteiger partial charge in [0.25, 0.3) is 0 Å². The maximum absolute atomic E-state index is 11.9. The lowest BCUT2D eigenvalue weighted by atomic mass is 10.0. The van der Waals surface area contributed by atoms with Gasteiger partial charge in [-0.3, -0.25) is 4.79 Å². The zero-order valence-corrected chi connectivity index (χ0v) is 12.1. The van der Waals surface area contributed by atoms with Crippen LogP contribution >= 0.6 is 0 Å². The normalized spacial score (nSPS) is 13.4. The van der Waals surface area contributed by atoms with E-state index in [1.165, 1.54) is 11.3 Å². The molecule has 0 radical (unpaired) electrons. The number of nitrogens with one attached hydrogen (secondary N) is 2. The summed E-state index contributed by atoms with van der Waals surface area (Å²) >= 11 is 0. The molecule has 0 saturated heterocycles. The van der Waals surface area contributed by atoms with Crippen LogP contribution in [0, 0.1) is 0 Å². The summed E-state index contributed by atoms with van der Waals surface area (Å²) in [5, 5.41) is 6.37. The summed E-state index contributed by atoms with van der Waals surface area (Å²) < 4.78 is 0. The van der Waals surface area contributed by atoms with Gasteiger partial charge in [-0.2, -0.15) is 0 Å². The molecule has 0 bridgehead atoms. The van der Waals surface area contributed by atoms with E-state index in [0.717, 1.165) is 57.3 Å². The second-order valence-corrected chi connectivity index (χ2v) is 5.40. The van der Waals surface area contributed by atoms with Gasteiger partial charge in [0.05, 0.1) is 0 Å². The van der Waals surface area contributed by atoms with Crippen molar-refractivity contribution in [3.05, 3.63) is 23.8 Å². The zero-order chi connectivity index (χ0) is 14.2. The standard InChI is InChI=1S/C16H25N3O/c17-10-4-2-1-3-7-16(20)19-14-8-9-15-13(12-14)6-5-11-18-15/h8-9,12,18H,1-7,10-11,17H2,(H,19,20). The molecule has 1 heterocycles. The first-order chi connectivity index (χ1) is 9.79. The van der Waals surface area contributed by atoms with E-state index in [2.05, 4.69) is 22.8 Å². The van der Waals surface area contributed by atoms with Crippen molar-refractivity contribution in [1.82, 2.24) is 0 Å². The van der Waals surface area contributed by atoms with Crippen LogP contribution in [-0.4, -0.2) is 19.0 Å². The molecule has 1 aliphatic heterocycles. The third kappa shape index (κ3) is 4.53. The highest BCUT2D eigenvalue weighted by Gasteiger charge is 2.09. The number of aryl methyl sites for hydroxylation is 1. The number of anilines is 2. The van der Waals surface area contributed by atoms with Crippen molar-refractivity contribution < 1.29 is 4.79 Å². The van der Waals surface area contributed by atoms with E-state index in [0.29, 0.717) is 6.42 Å². The molecule has 0 aliphatic carbocycles. The van der Waals surface area contributed by atoms with E-state index in [1.807, 2.05) is 6.07 Å². The van der Waals surface area contributed by atoms with Crippen LogP contribution in [0.15, 0.2) is 18.2 Å². The van der Waals surface area contributed by atoms with Crippen molar-refractivity contribution in [1.29, 1.82) is 0 Å². The lowest BCUT2D eigenvalue weighted by Gasteiger charge is -2.18. The van der Waals surface area contributed by atoms with Crippen LogP contribution < -0.4 is 16.4 Å². The molecule has 0 spiro atoms. The molecule has 1 aromatic carbocycles. The fourth-order valence-electron chi connectivity index (χ4n) is 2.56. The van der Waals surface area contributed by atoms with Gasteiger partial charge in [0.1, 0.15) is 0 Å². The number of unbranched alkanes of at least 4 members (excludes halogenated alkanes) is 3. The van der Waals surface area contributed by atoms with E-state index in [1.54, 1.807) is 0 Å². The van der Waals surface area contributed by atoms with Gasteiger partial charge in [0, 0.05) is 24.3 Å². The molecule has 1 aliphatic rings. The van der Waals surface area contributed by atoms with Gasteiger partial charge in [-0.15, -0.1) is 0 Å². The van der Waals surface area contributed by atoms with Crippen LogP contribution in [-0.2, 0) is 11.2 Å².